The number of rotatable bonds is 0. The minimum absolute atomic E-state index is 0.109. The molecule has 1 aromatic carbocycles. The molecular weight excluding hydrogens is 328 g/mol. The molecule has 0 unspecified atom stereocenters. The first-order valence-electron chi connectivity index (χ1n) is 8.49. The second-order valence-corrected chi connectivity index (χ2v) is 6.76. The number of ether oxygens (including phenoxy) is 1. The molecule has 0 fully saturated rings. The maximum Gasteiger partial charge on any atom is 0.315 e. The Kier molecular flexibility index (Phi) is 2.43. The van der Waals surface area contributed by atoms with Crippen LogP contribution >= 0.6 is 0 Å². The molecule has 0 spiro atoms. The van der Waals surface area contributed by atoms with Crippen LogP contribution in [-0.2, 0) is 22.4 Å². The van der Waals surface area contributed by atoms with Gasteiger partial charge in [-0.3, -0.25) is 14.0 Å². The van der Waals surface area contributed by atoms with Crippen LogP contribution in [-0.4, -0.2) is 15.4 Å². The van der Waals surface area contributed by atoms with E-state index in [0.29, 0.717) is 10.8 Å². The molecular formula is C21H12N2O3. The molecule has 3 aromatic heterocycles. The molecule has 0 atom stereocenters. The van der Waals surface area contributed by atoms with E-state index < -0.39 is 0 Å². The standard InChI is InChI=1S/C21H12N2O3/c24-18-8-12-7-17-20-14(9-23(17)21(25)15(12)10-26-18)13-5-1-3-11-4-2-6-16(22-20)19(11)13/h1-4,6-7,9-10H,5,8H2. The van der Waals surface area contributed by atoms with Gasteiger partial charge < -0.3 is 4.74 Å². The highest BCUT2D eigenvalue weighted by Gasteiger charge is 2.20. The lowest BCUT2D eigenvalue weighted by Crippen LogP contribution is -2.37. The zero-order chi connectivity index (χ0) is 17.4. The van der Waals surface area contributed by atoms with Crippen LogP contribution in [0, 0.1) is 0 Å². The van der Waals surface area contributed by atoms with Gasteiger partial charge in [0.05, 0.1) is 28.2 Å². The maximum absolute atomic E-state index is 12.9. The van der Waals surface area contributed by atoms with Gasteiger partial charge >= 0.3 is 5.97 Å². The van der Waals surface area contributed by atoms with Gasteiger partial charge in [-0.1, -0.05) is 24.3 Å². The molecule has 0 amide bonds. The summed E-state index contributed by atoms with van der Waals surface area (Å²) >= 11 is 0. The van der Waals surface area contributed by atoms with E-state index in [9.17, 15) is 9.59 Å². The zero-order valence-corrected chi connectivity index (χ0v) is 13.7. The van der Waals surface area contributed by atoms with E-state index >= 15 is 0 Å². The van der Waals surface area contributed by atoms with Crippen molar-refractivity contribution in [2.45, 2.75) is 12.8 Å². The van der Waals surface area contributed by atoms with Crippen LogP contribution in [0.5, 0.6) is 0 Å². The Labute approximate surface area is 146 Å². The average Bonchev–Trinajstić information content (AvgIpc) is 3.01. The summed E-state index contributed by atoms with van der Waals surface area (Å²) in [4.78, 5) is 29.4. The van der Waals surface area contributed by atoms with Crippen LogP contribution in [0.1, 0.15) is 16.7 Å². The van der Waals surface area contributed by atoms with E-state index in [1.54, 1.807) is 4.40 Å². The average molecular weight is 340 g/mol. The molecule has 0 saturated heterocycles. The summed E-state index contributed by atoms with van der Waals surface area (Å²) in [5.41, 5.74) is 5.35. The summed E-state index contributed by atoms with van der Waals surface area (Å²) in [5.74, 6) is -0.347. The number of allylic oxidation sites excluding steroid dienone is 1. The van der Waals surface area contributed by atoms with Crippen molar-refractivity contribution in [1.82, 2.24) is 9.38 Å². The van der Waals surface area contributed by atoms with Crippen LogP contribution in [0.15, 0.2) is 41.3 Å². The summed E-state index contributed by atoms with van der Waals surface area (Å²) in [6.45, 7) is 0. The Bertz CT molecular complexity index is 1440. The van der Waals surface area contributed by atoms with E-state index in [-0.39, 0.29) is 17.9 Å². The van der Waals surface area contributed by atoms with Crippen molar-refractivity contribution >= 4 is 45.6 Å². The van der Waals surface area contributed by atoms with Crippen LogP contribution < -0.4 is 10.8 Å². The van der Waals surface area contributed by atoms with E-state index in [1.807, 2.05) is 24.4 Å². The lowest BCUT2D eigenvalue weighted by atomic mass is 9.93. The predicted octanol–water partition coefficient (Wildman–Crippen LogP) is 2.13. The van der Waals surface area contributed by atoms with E-state index in [2.05, 4.69) is 18.2 Å². The van der Waals surface area contributed by atoms with Crippen molar-refractivity contribution in [3.05, 3.63) is 68.8 Å². The molecule has 0 bridgehead atoms. The number of fused-ring (bicyclic) bond motifs is 5. The number of pyridine rings is 2. The quantitative estimate of drug-likeness (QED) is 0.460. The fraction of sp³-hybridized carbons (Fsp3) is 0.0952. The van der Waals surface area contributed by atoms with Gasteiger partial charge in [-0.15, -0.1) is 0 Å². The van der Waals surface area contributed by atoms with Gasteiger partial charge in [0, 0.05) is 17.0 Å². The molecule has 2 aliphatic rings. The van der Waals surface area contributed by atoms with Crippen molar-refractivity contribution in [1.29, 1.82) is 0 Å². The second-order valence-electron chi connectivity index (χ2n) is 6.76. The molecule has 5 heteroatoms. The molecule has 4 aromatic rings. The number of benzene rings is 1. The van der Waals surface area contributed by atoms with Crippen molar-refractivity contribution in [2.75, 3.05) is 0 Å². The lowest BCUT2D eigenvalue weighted by molar-refractivity contribution is -0.135. The topological polar surface area (TPSA) is 60.7 Å². The number of carbonyl (C=O) groups excluding carboxylic acids is 1. The minimum atomic E-state index is -0.347. The monoisotopic (exact) mass is 340 g/mol. The van der Waals surface area contributed by atoms with Crippen LogP contribution in [0.3, 0.4) is 0 Å². The van der Waals surface area contributed by atoms with Crippen LogP contribution in [0.2, 0.25) is 0 Å². The van der Waals surface area contributed by atoms with Crippen molar-refractivity contribution in [3.63, 3.8) is 0 Å². The summed E-state index contributed by atoms with van der Waals surface area (Å²) in [6, 6.07) is 7.98. The first-order chi connectivity index (χ1) is 12.7. The van der Waals surface area contributed by atoms with Crippen LogP contribution in [0.25, 0.3) is 39.7 Å². The molecule has 1 aliphatic carbocycles. The highest BCUT2D eigenvalue weighted by molar-refractivity contribution is 6.07. The molecule has 0 radical (unpaired) electrons. The first-order valence-corrected chi connectivity index (χ1v) is 8.49. The number of carbonyl (C=O) groups is 1. The number of hydrogen-bond donors (Lipinski definition) is 0. The number of nitrogens with zero attached hydrogens (tertiary/aromatic N) is 2. The van der Waals surface area contributed by atoms with Crippen molar-refractivity contribution in [3.8, 4) is 0 Å². The van der Waals surface area contributed by atoms with Gasteiger partial charge in [-0.25, -0.2) is 4.98 Å². The van der Waals surface area contributed by atoms with E-state index in [0.717, 1.165) is 39.3 Å². The molecule has 124 valence electrons. The SMILES string of the molecule is O=C1Cc2cc3c4nc5cccc6c5c(c4cn3c(=O)c2=CO1)CC=C6. The van der Waals surface area contributed by atoms with Gasteiger partial charge in [-0.2, -0.15) is 0 Å². The molecule has 6 rings (SSSR count). The Balaban J connectivity index is 1.85. The fourth-order valence-electron chi connectivity index (χ4n) is 4.15. The number of esters is 1. The van der Waals surface area contributed by atoms with E-state index in [1.165, 1.54) is 11.8 Å². The van der Waals surface area contributed by atoms with Gasteiger partial charge in [0.2, 0.25) is 0 Å². The Morgan fingerprint density at radius 3 is 3.04 bits per heavy atom. The Hall–Kier alpha value is -3.47. The second kappa shape index (κ2) is 4.58. The number of aromatic nitrogens is 2. The highest BCUT2D eigenvalue weighted by atomic mass is 16.5. The highest BCUT2D eigenvalue weighted by Crippen LogP contribution is 2.34. The van der Waals surface area contributed by atoms with Gasteiger partial charge in [0.25, 0.3) is 5.56 Å². The minimum Gasteiger partial charge on any atom is -0.433 e. The van der Waals surface area contributed by atoms with Crippen LogP contribution in [0.4, 0.5) is 0 Å². The summed E-state index contributed by atoms with van der Waals surface area (Å²) < 4.78 is 6.56. The third-order valence-corrected chi connectivity index (χ3v) is 5.32. The number of cyclic esters (lactones) is 1. The fourth-order valence-corrected chi connectivity index (χ4v) is 4.15. The zero-order valence-electron chi connectivity index (χ0n) is 13.7. The molecule has 4 heterocycles. The summed E-state index contributed by atoms with van der Waals surface area (Å²) in [5, 5.41) is 2.58. The molecule has 5 nitrogen and oxygen atoms in total. The molecule has 26 heavy (non-hydrogen) atoms. The van der Waals surface area contributed by atoms with Gasteiger partial charge in [0.1, 0.15) is 6.26 Å². The van der Waals surface area contributed by atoms with Gasteiger partial charge in [-0.05, 0) is 35.2 Å². The Morgan fingerprint density at radius 1 is 1.19 bits per heavy atom. The third kappa shape index (κ3) is 1.62. The van der Waals surface area contributed by atoms with Crippen molar-refractivity contribution < 1.29 is 9.53 Å². The van der Waals surface area contributed by atoms with E-state index in [4.69, 9.17) is 9.72 Å². The largest absolute Gasteiger partial charge is 0.433 e. The molecule has 0 saturated carbocycles. The molecule has 0 N–H and O–H groups in total. The Morgan fingerprint density at radius 2 is 2.12 bits per heavy atom. The lowest BCUT2D eigenvalue weighted by Gasteiger charge is -2.13. The summed E-state index contributed by atoms with van der Waals surface area (Å²) in [6.07, 6.45) is 8.32. The maximum atomic E-state index is 12.9. The number of hydrogen-bond acceptors (Lipinski definition) is 4. The van der Waals surface area contributed by atoms with Crippen molar-refractivity contribution in [2.24, 2.45) is 0 Å². The summed E-state index contributed by atoms with van der Waals surface area (Å²) in [7, 11) is 0. The third-order valence-electron chi connectivity index (χ3n) is 5.32. The first kappa shape index (κ1) is 13.8. The predicted molar refractivity (Wildman–Crippen MR) is 98.7 cm³/mol. The smallest absolute Gasteiger partial charge is 0.315 e. The van der Waals surface area contributed by atoms with Gasteiger partial charge in [0.15, 0.2) is 0 Å². The molecule has 1 aliphatic heterocycles. The normalized spacial score (nSPS) is 15.3.